The van der Waals surface area contributed by atoms with Crippen LogP contribution in [-0.4, -0.2) is 18.4 Å². The molecule has 21 heavy (non-hydrogen) atoms. The number of aliphatic imine (C=N–C) groups is 1. The first-order chi connectivity index (χ1) is 10.2. The number of benzene rings is 1. The van der Waals surface area contributed by atoms with Gasteiger partial charge in [0.1, 0.15) is 5.82 Å². The number of rotatable bonds is 6. The molecule has 0 atom stereocenters. The summed E-state index contributed by atoms with van der Waals surface area (Å²) in [5.41, 5.74) is 4.07. The summed E-state index contributed by atoms with van der Waals surface area (Å²) in [6.45, 7) is 5.11. The number of aromatic nitrogens is 1. The van der Waals surface area contributed by atoms with Gasteiger partial charge in [-0.1, -0.05) is 12.1 Å². The second-order valence-electron chi connectivity index (χ2n) is 4.69. The Balaban J connectivity index is 2.15. The van der Waals surface area contributed by atoms with E-state index in [1.165, 1.54) is 0 Å². The molecule has 1 aromatic heterocycles. The molecule has 0 aliphatic rings. The molecule has 0 amide bonds. The third-order valence-electron chi connectivity index (χ3n) is 3.12. The molecule has 1 aromatic carbocycles. The molecule has 2 aromatic rings. The van der Waals surface area contributed by atoms with Gasteiger partial charge in [-0.2, -0.15) is 0 Å². The van der Waals surface area contributed by atoms with Crippen LogP contribution in [0.15, 0.2) is 47.7 Å². The molecule has 0 aliphatic carbocycles. The number of aryl methyl sites for hydroxylation is 2. The summed E-state index contributed by atoms with van der Waals surface area (Å²) in [5, 5.41) is 3.23. The van der Waals surface area contributed by atoms with Gasteiger partial charge in [-0.05, 0) is 54.6 Å². The third kappa shape index (κ3) is 4.24. The van der Waals surface area contributed by atoms with E-state index in [1.807, 2.05) is 43.3 Å². The number of halogens is 1. The Bertz CT molecular complexity index is 633. The largest absolute Gasteiger partial charge is 0.340 e. The maximum Gasteiger partial charge on any atom is 0.130 e. The van der Waals surface area contributed by atoms with Crippen molar-refractivity contribution in [2.24, 2.45) is 4.99 Å². The van der Waals surface area contributed by atoms with E-state index in [0.717, 1.165) is 28.2 Å². The molecular formula is C17H18FN3. The zero-order valence-corrected chi connectivity index (χ0v) is 12.0. The lowest BCUT2D eigenvalue weighted by molar-refractivity contribution is 0.495. The first-order valence-electron chi connectivity index (χ1n) is 6.74. The van der Waals surface area contributed by atoms with E-state index in [9.17, 15) is 4.39 Å². The molecule has 2 rings (SSSR count). The smallest absolute Gasteiger partial charge is 0.130 e. The molecule has 0 fully saturated rings. The van der Waals surface area contributed by atoms with E-state index in [-0.39, 0.29) is 6.67 Å². The topological polar surface area (TPSA) is 37.3 Å². The van der Waals surface area contributed by atoms with Crippen molar-refractivity contribution in [1.82, 2.24) is 4.98 Å². The summed E-state index contributed by atoms with van der Waals surface area (Å²) in [6, 6.07) is 9.78. The highest BCUT2D eigenvalue weighted by molar-refractivity contribution is 5.64. The quantitative estimate of drug-likeness (QED) is 0.802. The highest BCUT2D eigenvalue weighted by Gasteiger charge is 2.00. The molecule has 0 aliphatic heterocycles. The maximum atomic E-state index is 12.2. The summed E-state index contributed by atoms with van der Waals surface area (Å²) in [7, 11) is 0. The van der Waals surface area contributed by atoms with Gasteiger partial charge in [0.2, 0.25) is 0 Å². The van der Waals surface area contributed by atoms with Crippen molar-refractivity contribution in [2.75, 3.05) is 12.0 Å². The number of nitrogens with one attached hydrogen (secondary N) is 1. The number of anilines is 2. The van der Waals surface area contributed by atoms with Gasteiger partial charge < -0.3 is 5.32 Å². The Hall–Kier alpha value is -2.49. The lowest BCUT2D eigenvalue weighted by Crippen LogP contribution is -1.96. The normalized spacial score (nSPS) is 10.8. The fourth-order valence-corrected chi connectivity index (χ4v) is 1.93. The van der Waals surface area contributed by atoms with Crippen molar-refractivity contribution < 1.29 is 4.39 Å². The van der Waals surface area contributed by atoms with Crippen molar-refractivity contribution in [3.8, 4) is 0 Å². The minimum absolute atomic E-state index is 0.362. The van der Waals surface area contributed by atoms with Crippen LogP contribution < -0.4 is 5.32 Å². The Morgan fingerprint density at radius 3 is 2.86 bits per heavy atom. The van der Waals surface area contributed by atoms with Crippen molar-refractivity contribution in [3.05, 3.63) is 59.4 Å². The van der Waals surface area contributed by atoms with Crippen LogP contribution in [-0.2, 0) is 6.42 Å². The maximum absolute atomic E-state index is 12.2. The van der Waals surface area contributed by atoms with Crippen molar-refractivity contribution in [1.29, 1.82) is 0 Å². The van der Waals surface area contributed by atoms with Crippen LogP contribution in [0, 0.1) is 6.92 Å². The van der Waals surface area contributed by atoms with Gasteiger partial charge in [-0.15, -0.1) is 0 Å². The Morgan fingerprint density at radius 2 is 2.19 bits per heavy atom. The molecule has 108 valence electrons. The van der Waals surface area contributed by atoms with E-state index >= 15 is 0 Å². The summed E-state index contributed by atoms with van der Waals surface area (Å²) in [5.74, 6) is 0.734. The van der Waals surface area contributed by atoms with Crippen LogP contribution in [0.4, 0.5) is 15.9 Å². The average molecular weight is 283 g/mol. The van der Waals surface area contributed by atoms with E-state index in [0.29, 0.717) is 6.42 Å². The zero-order chi connectivity index (χ0) is 15.1. The molecule has 0 radical (unpaired) electrons. The molecule has 0 saturated heterocycles. The minimum atomic E-state index is -0.362. The van der Waals surface area contributed by atoms with Gasteiger partial charge in [0.25, 0.3) is 0 Å². The third-order valence-corrected chi connectivity index (χ3v) is 3.12. The molecule has 1 heterocycles. The predicted molar refractivity (Wildman–Crippen MR) is 87.0 cm³/mol. The first-order valence-corrected chi connectivity index (χ1v) is 6.74. The van der Waals surface area contributed by atoms with Gasteiger partial charge in [-0.25, -0.2) is 4.98 Å². The van der Waals surface area contributed by atoms with Gasteiger partial charge in [0.05, 0.1) is 6.67 Å². The number of hydrogen-bond donors (Lipinski definition) is 1. The molecule has 4 heteroatoms. The summed E-state index contributed by atoms with van der Waals surface area (Å²) >= 11 is 0. The summed E-state index contributed by atoms with van der Waals surface area (Å²) in [4.78, 5) is 8.00. The number of pyridine rings is 1. The highest BCUT2D eigenvalue weighted by atomic mass is 19.1. The number of nitrogens with zero attached hydrogens (tertiary/aromatic N) is 2. The summed E-state index contributed by atoms with van der Waals surface area (Å²) in [6.07, 6.45) is 5.67. The van der Waals surface area contributed by atoms with E-state index in [1.54, 1.807) is 12.4 Å². The number of hydrogen-bond acceptors (Lipinski definition) is 3. The van der Waals surface area contributed by atoms with Crippen LogP contribution >= 0.6 is 0 Å². The molecular weight excluding hydrogens is 265 g/mol. The van der Waals surface area contributed by atoms with Crippen molar-refractivity contribution in [3.63, 3.8) is 0 Å². The molecule has 3 nitrogen and oxygen atoms in total. The molecule has 1 N–H and O–H groups in total. The van der Waals surface area contributed by atoms with E-state index in [2.05, 4.69) is 22.0 Å². The molecule has 0 saturated carbocycles. The second-order valence-corrected chi connectivity index (χ2v) is 4.69. The molecule has 0 unspecified atom stereocenters. The highest BCUT2D eigenvalue weighted by Crippen LogP contribution is 2.20. The lowest BCUT2D eigenvalue weighted by Gasteiger charge is -2.09. The average Bonchev–Trinajstić information content (AvgIpc) is 2.50. The van der Waals surface area contributed by atoms with Gasteiger partial charge in [0.15, 0.2) is 0 Å². The van der Waals surface area contributed by atoms with Crippen molar-refractivity contribution >= 4 is 24.3 Å². The van der Waals surface area contributed by atoms with E-state index in [4.69, 9.17) is 0 Å². The van der Waals surface area contributed by atoms with Crippen LogP contribution in [0.5, 0.6) is 0 Å². The molecule has 0 spiro atoms. The number of alkyl halides is 1. The molecule has 0 bridgehead atoms. The van der Waals surface area contributed by atoms with Crippen molar-refractivity contribution in [2.45, 2.75) is 13.3 Å². The standard InChI is InChI=1S/C17H18FN3/c1-13-3-5-16(11-15(13)8-10-19-2)21-17-6-4-14(7-9-18)12-20-17/h3-6,8,10-12H,2,7,9H2,1H3,(H,20,21)/b10-8-. The van der Waals surface area contributed by atoms with Crippen LogP contribution in [0.25, 0.3) is 6.08 Å². The fourth-order valence-electron chi connectivity index (χ4n) is 1.93. The fraction of sp³-hybridized carbons (Fsp3) is 0.176. The Labute approximate surface area is 124 Å². The van der Waals surface area contributed by atoms with Crippen LogP contribution in [0.3, 0.4) is 0 Å². The summed E-state index contributed by atoms with van der Waals surface area (Å²) < 4.78 is 12.2. The van der Waals surface area contributed by atoms with Gasteiger partial charge >= 0.3 is 0 Å². The van der Waals surface area contributed by atoms with Gasteiger partial charge in [-0.3, -0.25) is 9.38 Å². The first kappa shape index (κ1) is 14.9. The second kappa shape index (κ2) is 7.33. The lowest BCUT2D eigenvalue weighted by atomic mass is 10.1. The van der Waals surface area contributed by atoms with E-state index < -0.39 is 0 Å². The predicted octanol–water partition coefficient (Wildman–Crippen LogP) is 4.32. The Kier molecular flexibility index (Phi) is 5.21. The Morgan fingerprint density at radius 1 is 1.33 bits per heavy atom. The minimum Gasteiger partial charge on any atom is -0.340 e. The monoisotopic (exact) mass is 283 g/mol. The van der Waals surface area contributed by atoms with Gasteiger partial charge in [0, 0.05) is 24.5 Å². The van der Waals surface area contributed by atoms with Crippen LogP contribution in [0.2, 0.25) is 0 Å². The zero-order valence-electron chi connectivity index (χ0n) is 12.0. The van der Waals surface area contributed by atoms with Crippen LogP contribution in [0.1, 0.15) is 16.7 Å². The SMILES string of the molecule is C=N/C=C\c1cc(Nc2ccc(CCF)cn2)ccc1C.